The van der Waals surface area contributed by atoms with E-state index < -0.39 is 5.60 Å². The summed E-state index contributed by atoms with van der Waals surface area (Å²) >= 11 is 1.20. The molecule has 2 aromatic heterocycles. The standard InChI is InChI=1S/C27H32N6O3S/c1-27(2,3)36-26(35)31-15-13-30(14-16-31)21-10-12-29-18-19(21)11-17-37-24(28)33-23-7-5-4-6-22(23)32(25(33)34)20-8-9-20/h4-7,10-12,17-18,20,28H,8-9,13-16H2,1-3H3/b17-11+,28-24?. The second-order valence-corrected chi connectivity index (χ2v) is 11.2. The van der Waals surface area contributed by atoms with E-state index in [1.165, 1.54) is 16.3 Å². The van der Waals surface area contributed by atoms with Crippen molar-refractivity contribution in [1.29, 1.82) is 5.41 Å². The van der Waals surface area contributed by atoms with E-state index in [-0.39, 0.29) is 23.0 Å². The first-order valence-electron chi connectivity index (χ1n) is 12.5. The molecule has 0 atom stereocenters. The van der Waals surface area contributed by atoms with Crippen LogP contribution in [0.3, 0.4) is 0 Å². The van der Waals surface area contributed by atoms with Crippen molar-refractivity contribution in [2.24, 2.45) is 0 Å². The third-order valence-electron chi connectivity index (χ3n) is 6.42. The Kier molecular flexibility index (Phi) is 6.85. The molecule has 1 aliphatic carbocycles. The number of rotatable bonds is 4. The summed E-state index contributed by atoms with van der Waals surface area (Å²) < 4.78 is 8.82. The fourth-order valence-corrected chi connectivity index (χ4v) is 5.17. The van der Waals surface area contributed by atoms with Crippen molar-refractivity contribution in [2.45, 2.75) is 45.3 Å². The maximum absolute atomic E-state index is 13.2. The highest BCUT2D eigenvalue weighted by atomic mass is 32.2. The zero-order valence-electron chi connectivity index (χ0n) is 21.4. The fraction of sp³-hybridized carbons (Fsp3) is 0.407. The van der Waals surface area contributed by atoms with Gasteiger partial charge in [-0.15, -0.1) is 0 Å². The third-order valence-corrected chi connectivity index (χ3v) is 7.10. The number of carbonyl (C=O) groups excluding carboxylic acids is 1. The molecule has 1 aliphatic heterocycles. The van der Waals surface area contributed by atoms with Gasteiger partial charge < -0.3 is 14.5 Å². The number of aromatic nitrogens is 3. The Morgan fingerprint density at radius 1 is 1.11 bits per heavy atom. The first kappa shape index (κ1) is 25.1. The molecule has 1 amide bonds. The molecule has 1 N–H and O–H groups in total. The topological polar surface area (TPSA) is 96.5 Å². The van der Waals surface area contributed by atoms with E-state index in [9.17, 15) is 9.59 Å². The number of piperazine rings is 1. The smallest absolute Gasteiger partial charge is 0.410 e. The Labute approximate surface area is 220 Å². The summed E-state index contributed by atoms with van der Waals surface area (Å²) in [5.41, 5.74) is 2.91. The number of pyridine rings is 1. The molecule has 5 rings (SSSR count). The van der Waals surface area contributed by atoms with E-state index in [1.807, 2.05) is 67.2 Å². The van der Waals surface area contributed by atoms with Crippen LogP contribution in [0.1, 0.15) is 45.2 Å². The number of imidazole rings is 1. The van der Waals surface area contributed by atoms with Gasteiger partial charge in [0, 0.05) is 55.9 Å². The van der Waals surface area contributed by atoms with Crippen molar-refractivity contribution in [3.63, 3.8) is 0 Å². The maximum Gasteiger partial charge on any atom is 0.410 e. The number of carbonyl (C=O) groups is 1. The molecular formula is C27H32N6O3S. The van der Waals surface area contributed by atoms with Crippen LogP contribution in [-0.2, 0) is 4.74 Å². The van der Waals surface area contributed by atoms with Crippen LogP contribution in [0.4, 0.5) is 10.5 Å². The number of benzene rings is 1. The minimum absolute atomic E-state index is 0.153. The van der Waals surface area contributed by atoms with Crippen molar-refractivity contribution in [3.05, 3.63) is 64.2 Å². The van der Waals surface area contributed by atoms with Crippen molar-refractivity contribution < 1.29 is 9.53 Å². The number of para-hydroxylation sites is 2. The lowest BCUT2D eigenvalue weighted by molar-refractivity contribution is 0.0240. The molecule has 0 unspecified atom stereocenters. The molecule has 3 heterocycles. The number of hydrogen-bond donors (Lipinski definition) is 1. The Balaban J connectivity index is 1.28. The van der Waals surface area contributed by atoms with Crippen LogP contribution in [0, 0.1) is 5.41 Å². The molecular weight excluding hydrogens is 488 g/mol. The number of nitrogens with one attached hydrogen (secondary N) is 1. The van der Waals surface area contributed by atoms with Gasteiger partial charge in [-0.1, -0.05) is 23.9 Å². The molecule has 9 nitrogen and oxygen atoms in total. The van der Waals surface area contributed by atoms with Gasteiger partial charge in [-0.05, 0) is 63.3 Å². The van der Waals surface area contributed by atoms with Gasteiger partial charge >= 0.3 is 11.8 Å². The monoisotopic (exact) mass is 520 g/mol. The highest BCUT2D eigenvalue weighted by Crippen LogP contribution is 2.36. The van der Waals surface area contributed by atoms with Gasteiger partial charge in [0.2, 0.25) is 0 Å². The summed E-state index contributed by atoms with van der Waals surface area (Å²) in [6, 6.07) is 9.87. The number of amides is 1. The fourth-order valence-electron chi connectivity index (χ4n) is 4.55. The lowest BCUT2D eigenvalue weighted by atomic mass is 10.2. The molecule has 0 radical (unpaired) electrons. The summed E-state index contributed by atoms with van der Waals surface area (Å²) in [7, 11) is 0. The zero-order valence-corrected chi connectivity index (χ0v) is 22.2. The van der Waals surface area contributed by atoms with Crippen LogP contribution in [0.5, 0.6) is 0 Å². The predicted octanol–water partition coefficient (Wildman–Crippen LogP) is 4.78. The van der Waals surface area contributed by atoms with Crippen LogP contribution in [0.15, 0.2) is 52.9 Å². The summed E-state index contributed by atoms with van der Waals surface area (Å²) in [4.78, 5) is 33.8. The zero-order chi connectivity index (χ0) is 26.2. The average molecular weight is 521 g/mol. The number of anilines is 1. The minimum atomic E-state index is -0.513. The number of nitrogens with zero attached hydrogens (tertiary/aromatic N) is 5. The highest BCUT2D eigenvalue weighted by Gasteiger charge is 2.30. The summed E-state index contributed by atoms with van der Waals surface area (Å²) in [6.45, 7) is 8.13. The molecule has 2 fully saturated rings. The second-order valence-electron chi connectivity index (χ2n) is 10.3. The molecule has 3 aromatic rings. The van der Waals surface area contributed by atoms with Gasteiger partial charge in [0.1, 0.15) is 5.60 Å². The van der Waals surface area contributed by atoms with Gasteiger partial charge in [0.25, 0.3) is 0 Å². The Morgan fingerprint density at radius 2 is 1.81 bits per heavy atom. The molecule has 10 heteroatoms. The van der Waals surface area contributed by atoms with Gasteiger partial charge in [-0.25, -0.2) is 14.2 Å². The summed E-state index contributed by atoms with van der Waals surface area (Å²) in [6.07, 6.45) is 7.20. The lowest BCUT2D eigenvalue weighted by Gasteiger charge is -2.37. The summed E-state index contributed by atoms with van der Waals surface area (Å²) in [5, 5.41) is 10.6. The van der Waals surface area contributed by atoms with Crippen LogP contribution in [0.2, 0.25) is 0 Å². The van der Waals surface area contributed by atoms with Crippen molar-refractivity contribution in [1.82, 2.24) is 19.0 Å². The van der Waals surface area contributed by atoms with Gasteiger partial charge in [-0.3, -0.25) is 15.0 Å². The molecule has 37 heavy (non-hydrogen) atoms. The molecule has 2 aliphatic rings. The van der Waals surface area contributed by atoms with Crippen molar-refractivity contribution >= 4 is 45.8 Å². The molecule has 1 saturated heterocycles. The Hall–Kier alpha value is -3.53. The Morgan fingerprint density at radius 3 is 2.49 bits per heavy atom. The van der Waals surface area contributed by atoms with Crippen molar-refractivity contribution in [2.75, 3.05) is 31.1 Å². The highest BCUT2D eigenvalue weighted by molar-refractivity contribution is 8.16. The van der Waals surface area contributed by atoms with Crippen LogP contribution >= 0.6 is 11.8 Å². The van der Waals surface area contributed by atoms with E-state index in [2.05, 4.69) is 9.88 Å². The predicted molar refractivity (Wildman–Crippen MR) is 148 cm³/mol. The average Bonchev–Trinajstić information content (AvgIpc) is 3.65. The second kappa shape index (κ2) is 10.1. The number of fused-ring (bicyclic) bond motifs is 1. The molecule has 1 saturated carbocycles. The first-order valence-corrected chi connectivity index (χ1v) is 13.4. The minimum Gasteiger partial charge on any atom is -0.444 e. The van der Waals surface area contributed by atoms with Gasteiger partial charge in [-0.2, -0.15) is 0 Å². The molecule has 0 bridgehead atoms. The third kappa shape index (κ3) is 5.44. The first-order chi connectivity index (χ1) is 17.7. The van der Waals surface area contributed by atoms with Gasteiger partial charge in [0.05, 0.1) is 11.0 Å². The van der Waals surface area contributed by atoms with E-state index in [1.54, 1.807) is 17.3 Å². The van der Waals surface area contributed by atoms with Crippen LogP contribution in [-0.4, -0.2) is 62.1 Å². The largest absolute Gasteiger partial charge is 0.444 e. The van der Waals surface area contributed by atoms with E-state index >= 15 is 0 Å². The quantitative estimate of drug-likeness (QED) is 0.393. The maximum atomic E-state index is 13.2. The van der Waals surface area contributed by atoms with E-state index in [0.29, 0.717) is 26.2 Å². The number of thioether (sulfide) groups is 1. The normalized spacial score (nSPS) is 16.5. The number of hydrogen-bond acceptors (Lipinski definition) is 7. The molecule has 0 spiro atoms. The molecule has 194 valence electrons. The van der Waals surface area contributed by atoms with Crippen LogP contribution < -0.4 is 10.6 Å². The van der Waals surface area contributed by atoms with Crippen LogP contribution in [0.25, 0.3) is 17.1 Å². The SMILES string of the molecule is CC(C)(C)OC(=O)N1CCN(c2ccncc2/C=C/SC(=N)n2c(=O)n(C3CC3)c3ccccc32)CC1. The lowest BCUT2D eigenvalue weighted by Crippen LogP contribution is -2.50. The van der Waals surface area contributed by atoms with E-state index in [0.717, 1.165) is 35.1 Å². The Bertz CT molecular complexity index is 1410. The summed E-state index contributed by atoms with van der Waals surface area (Å²) in [5.74, 6) is 0. The molecule has 1 aromatic carbocycles. The number of ether oxygens (including phenoxy) is 1. The van der Waals surface area contributed by atoms with Crippen molar-refractivity contribution in [3.8, 4) is 0 Å². The van der Waals surface area contributed by atoms with Gasteiger partial charge in [0.15, 0.2) is 5.17 Å². The van der Waals surface area contributed by atoms with E-state index in [4.69, 9.17) is 10.1 Å².